The molecule has 1 aromatic heterocycles. The van der Waals surface area contributed by atoms with E-state index in [1.165, 1.54) is 41.5 Å². The predicted molar refractivity (Wildman–Crippen MR) is 82.6 cm³/mol. The molecule has 2 heteroatoms. The maximum atomic E-state index is 12.2. The molecule has 0 N–H and O–H groups in total. The van der Waals surface area contributed by atoms with E-state index in [1.807, 2.05) is 0 Å². The molecule has 0 saturated heterocycles. The molecule has 2 aliphatic carbocycles. The van der Waals surface area contributed by atoms with Gasteiger partial charge in [0, 0.05) is 18.8 Å². The first kappa shape index (κ1) is 12.3. The lowest BCUT2D eigenvalue weighted by Crippen LogP contribution is -2.06. The minimum absolute atomic E-state index is 0.289. The zero-order chi connectivity index (χ0) is 13.5. The van der Waals surface area contributed by atoms with E-state index >= 15 is 0 Å². The topological polar surface area (TPSA) is 17.1 Å². The predicted octanol–water partition coefficient (Wildman–Crippen LogP) is 4.27. The van der Waals surface area contributed by atoms with Crippen LogP contribution in [-0.4, -0.2) is 5.78 Å². The summed E-state index contributed by atoms with van der Waals surface area (Å²) in [6, 6.07) is 6.81. The molecular formula is C18H18OS. The van der Waals surface area contributed by atoms with Crippen molar-refractivity contribution in [1.29, 1.82) is 0 Å². The second-order valence-corrected chi connectivity index (χ2v) is 6.76. The van der Waals surface area contributed by atoms with Gasteiger partial charge >= 0.3 is 0 Å². The molecule has 1 unspecified atom stereocenters. The van der Waals surface area contributed by atoms with Crippen molar-refractivity contribution in [2.75, 3.05) is 0 Å². The van der Waals surface area contributed by atoms with Crippen LogP contribution >= 0.6 is 11.3 Å². The van der Waals surface area contributed by atoms with Crippen LogP contribution in [-0.2, 0) is 24.1 Å². The van der Waals surface area contributed by atoms with Gasteiger partial charge in [0.1, 0.15) is 5.78 Å². The summed E-state index contributed by atoms with van der Waals surface area (Å²) < 4.78 is 0. The highest BCUT2D eigenvalue weighted by molar-refractivity contribution is 7.08. The number of Topliss-reactive ketones (excluding diaryl/α,β-unsaturated/α-hetero) is 1. The maximum Gasteiger partial charge on any atom is 0.134 e. The van der Waals surface area contributed by atoms with Gasteiger partial charge in [-0.1, -0.05) is 12.1 Å². The van der Waals surface area contributed by atoms with Crippen molar-refractivity contribution in [1.82, 2.24) is 0 Å². The van der Waals surface area contributed by atoms with Crippen molar-refractivity contribution in [3.63, 3.8) is 0 Å². The Balaban J connectivity index is 1.88. The molecule has 0 aliphatic heterocycles. The normalized spacial score (nSPS) is 21.4. The molecule has 2 aliphatic rings. The van der Waals surface area contributed by atoms with Gasteiger partial charge in [-0.2, -0.15) is 11.3 Å². The Hall–Kier alpha value is -1.41. The Bertz CT molecular complexity index is 654. The Kier molecular flexibility index (Phi) is 2.99. The van der Waals surface area contributed by atoms with Gasteiger partial charge in [0.2, 0.25) is 0 Å². The van der Waals surface area contributed by atoms with Gasteiger partial charge in [-0.15, -0.1) is 0 Å². The minimum Gasteiger partial charge on any atom is -0.300 e. The van der Waals surface area contributed by atoms with Gasteiger partial charge in [-0.3, -0.25) is 4.79 Å². The highest BCUT2D eigenvalue weighted by Crippen LogP contribution is 2.39. The Morgan fingerprint density at radius 1 is 1.00 bits per heavy atom. The van der Waals surface area contributed by atoms with E-state index in [0.29, 0.717) is 12.2 Å². The largest absolute Gasteiger partial charge is 0.300 e. The average molecular weight is 282 g/mol. The minimum atomic E-state index is 0.289. The molecule has 4 rings (SSSR count). The summed E-state index contributed by atoms with van der Waals surface area (Å²) >= 11 is 1.73. The maximum absolute atomic E-state index is 12.2. The molecule has 102 valence electrons. The third kappa shape index (κ3) is 1.94. The van der Waals surface area contributed by atoms with Crippen LogP contribution in [0.15, 0.2) is 29.0 Å². The van der Waals surface area contributed by atoms with Crippen LogP contribution in [0, 0.1) is 0 Å². The highest BCUT2D eigenvalue weighted by Gasteiger charge is 2.28. The first-order valence-electron chi connectivity index (χ1n) is 7.50. The van der Waals surface area contributed by atoms with E-state index in [1.54, 1.807) is 16.9 Å². The van der Waals surface area contributed by atoms with E-state index in [0.717, 1.165) is 12.8 Å². The zero-order valence-electron chi connectivity index (χ0n) is 11.5. The molecule has 1 aromatic carbocycles. The van der Waals surface area contributed by atoms with Crippen LogP contribution in [0.3, 0.4) is 0 Å². The van der Waals surface area contributed by atoms with Crippen LogP contribution in [0.4, 0.5) is 0 Å². The van der Waals surface area contributed by atoms with E-state index < -0.39 is 0 Å². The Morgan fingerprint density at radius 2 is 1.95 bits per heavy atom. The molecule has 0 spiro atoms. The van der Waals surface area contributed by atoms with Gasteiger partial charge < -0.3 is 0 Å². The Labute approximate surface area is 123 Å². The SMILES string of the molecule is O=C1CCc2c(ccc3c2CCC3)C(c2ccsc2)C1. The molecule has 2 aromatic rings. The van der Waals surface area contributed by atoms with Crippen molar-refractivity contribution in [2.24, 2.45) is 0 Å². The summed E-state index contributed by atoms with van der Waals surface area (Å²) in [5, 5.41) is 4.33. The molecule has 20 heavy (non-hydrogen) atoms. The molecule has 1 heterocycles. The fourth-order valence-corrected chi connectivity index (χ4v) is 4.57. The van der Waals surface area contributed by atoms with Gasteiger partial charge in [0.25, 0.3) is 0 Å². The lowest BCUT2D eigenvalue weighted by molar-refractivity contribution is -0.119. The number of hydrogen-bond acceptors (Lipinski definition) is 2. The smallest absolute Gasteiger partial charge is 0.134 e. The molecule has 1 nitrogen and oxygen atoms in total. The monoisotopic (exact) mass is 282 g/mol. The summed E-state index contributed by atoms with van der Waals surface area (Å²) in [4.78, 5) is 12.2. The fraction of sp³-hybridized carbons (Fsp3) is 0.389. The molecular weight excluding hydrogens is 264 g/mol. The van der Waals surface area contributed by atoms with Gasteiger partial charge in [-0.25, -0.2) is 0 Å². The number of thiophene rings is 1. The molecule has 0 bridgehead atoms. The van der Waals surface area contributed by atoms with Crippen molar-refractivity contribution < 1.29 is 4.79 Å². The van der Waals surface area contributed by atoms with Crippen molar-refractivity contribution >= 4 is 17.1 Å². The van der Waals surface area contributed by atoms with Crippen LogP contribution in [0.5, 0.6) is 0 Å². The first-order valence-corrected chi connectivity index (χ1v) is 8.44. The third-order valence-electron chi connectivity index (χ3n) is 4.84. The molecule has 0 radical (unpaired) electrons. The molecule has 0 saturated carbocycles. The number of fused-ring (bicyclic) bond motifs is 3. The van der Waals surface area contributed by atoms with Crippen LogP contribution in [0.2, 0.25) is 0 Å². The molecule has 1 atom stereocenters. The van der Waals surface area contributed by atoms with Crippen LogP contribution in [0.1, 0.15) is 53.0 Å². The summed E-state index contributed by atoms with van der Waals surface area (Å²) in [6.45, 7) is 0. The number of carbonyl (C=O) groups is 1. The van der Waals surface area contributed by atoms with Crippen LogP contribution in [0.25, 0.3) is 0 Å². The van der Waals surface area contributed by atoms with Crippen molar-refractivity contribution in [3.8, 4) is 0 Å². The molecule has 0 fully saturated rings. The number of ketones is 1. The Morgan fingerprint density at radius 3 is 2.80 bits per heavy atom. The van der Waals surface area contributed by atoms with E-state index in [4.69, 9.17) is 0 Å². The van der Waals surface area contributed by atoms with Gasteiger partial charge in [0.15, 0.2) is 0 Å². The lowest BCUT2D eigenvalue weighted by Gasteiger charge is -2.19. The summed E-state index contributed by atoms with van der Waals surface area (Å²) in [5.41, 5.74) is 7.35. The third-order valence-corrected chi connectivity index (χ3v) is 5.55. The first-order chi connectivity index (χ1) is 9.83. The zero-order valence-corrected chi connectivity index (χ0v) is 12.3. The van der Waals surface area contributed by atoms with E-state index in [-0.39, 0.29) is 5.92 Å². The fourth-order valence-electron chi connectivity index (χ4n) is 3.86. The quantitative estimate of drug-likeness (QED) is 0.714. The standard InChI is InChI=1S/C18H18OS/c19-14-5-7-16-15-3-1-2-12(15)4-6-17(16)18(10-14)13-8-9-20-11-13/h4,6,8-9,11,18H,1-3,5,7,10H2. The lowest BCUT2D eigenvalue weighted by atomic mass is 9.85. The van der Waals surface area contributed by atoms with Gasteiger partial charge in [0.05, 0.1) is 0 Å². The number of benzene rings is 1. The highest BCUT2D eigenvalue weighted by atomic mass is 32.1. The van der Waals surface area contributed by atoms with E-state index in [9.17, 15) is 4.79 Å². The second-order valence-electron chi connectivity index (χ2n) is 5.98. The van der Waals surface area contributed by atoms with Crippen LogP contribution < -0.4 is 0 Å². The number of aryl methyl sites for hydroxylation is 1. The van der Waals surface area contributed by atoms with Crippen molar-refractivity contribution in [2.45, 2.75) is 44.4 Å². The van der Waals surface area contributed by atoms with Crippen molar-refractivity contribution in [3.05, 3.63) is 56.8 Å². The van der Waals surface area contributed by atoms with Gasteiger partial charge in [-0.05, 0) is 70.3 Å². The number of carbonyl (C=O) groups excluding carboxylic acids is 1. The molecule has 0 amide bonds. The average Bonchev–Trinajstić information content (AvgIpc) is 3.10. The second kappa shape index (κ2) is 4.85. The summed E-state index contributed by atoms with van der Waals surface area (Å²) in [5.74, 6) is 0.710. The summed E-state index contributed by atoms with van der Waals surface area (Å²) in [7, 11) is 0. The van der Waals surface area contributed by atoms with E-state index in [2.05, 4.69) is 29.0 Å². The number of hydrogen-bond donors (Lipinski definition) is 0. The number of rotatable bonds is 1. The summed E-state index contributed by atoms with van der Waals surface area (Å²) in [6.07, 6.45) is 6.08.